The summed E-state index contributed by atoms with van der Waals surface area (Å²) in [6.07, 6.45) is 3.38. The van der Waals surface area contributed by atoms with Crippen LogP contribution in [0.15, 0.2) is 48.7 Å². The molecule has 0 aliphatic carbocycles. The molecule has 0 radical (unpaired) electrons. The molecule has 0 atom stereocenters. The molecule has 5 aromatic rings. The second-order valence-corrected chi connectivity index (χ2v) is 9.33. The van der Waals surface area contributed by atoms with Crippen molar-refractivity contribution in [1.82, 2.24) is 29.9 Å². The smallest absolute Gasteiger partial charge is 0.228 e. The maximum atomic E-state index is 9.96. The van der Waals surface area contributed by atoms with Gasteiger partial charge < -0.3 is 10.6 Å². The summed E-state index contributed by atoms with van der Waals surface area (Å²) in [5.74, 6) is 0.482. The Balaban J connectivity index is 1.36. The Bertz CT molecular complexity index is 1610. The van der Waals surface area contributed by atoms with Crippen molar-refractivity contribution in [1.29, 1.82) is 5.26 Å². The van der Waals surface area contributed by atoms with Gasteiger partial charge >= 0.3 is 0 Å². The van der Waals surface area contributed by atoms with Gasteiger partial charge in [0.1, 0.15) is 6.07 Å². The summed E-state index contributed by atoms with van der Waals surface area (Å²) >= 11 is 6.73. The molecule has 2 aromatic carbocycles. The van der Waals surface area contributed by atoms with Crippen LogP contribution in [-0.4, -0.2) is 43.0 Å². The Morgan fingerprint density at radius 2 is 1.89 bits per heavy atom. The molecule has 10 heteroatoms. The summed E-state index contributed by atoms with van der Waals surface area (Å²) in [7, 11) is 1.85. The molecular formula is C25H22ClN9. The summed E-state index contributed by atoms with van der Waals surface area (Å²) < 4.78 is 1.72. The Kier molecular flexibility index (Phi) is 4.95. The molecule has 4 heterocycles. The Morgan fingerprint density at radius 1 is 1.11 bits per heavy atom. The highest BCUT2D eigenvalue weighted by Gasteiger charge is 2.33. The minimum Gasteiger partial charge on any atom is -0.341 e. The maximum absolute atomic E-state index is 9.96. The first-order valence-corrected chi connectivity index (χ1v) is 11.7. The zero-order valence-corrected chi connectivity index (χ0v) is 19.8. The molecular weight excluding hydrogens is 462 g/mol. The van der Waals surface area contributed by atoms with E-state index in [0.29, 0.717) is 40.8 Å². The maximum Gasteiger partial charge on any atom is 0.228 e. The molecule has 0 spiro atoms. The van der Waals surface area contributed by atoms with Crippen LogP contribution in [0.25, 0.3) is 33.2 Å². The number of nitrogens with zero attached hydrogens (tertiary/aromatic N) is 7. The lowest BCUT2D eigenvalue weighted by molar-refractivity contribution is 0.340. The number of benzene rings is 2. The van der Waals surface area contributed by atoms with Crippen LogP contribution in [0.1, 0.15) is 24.1 Å². The lowest BCUT2D eigenvalue weighted by Crippen LogP contribution is -2.48. The predicted molar refractivity (Wildman–Crippen MR) is 135 cm³/mol. The third-order valence-corrected chi connectivity index (χ3v) is 7.21. The number of rotatable bonds is 3. The van der Waals surface area contributed by atoms with Gasteiger partial charge in [-0.25, -0.2) is 4.98 Å². The molecule has 6 rings (SSSR count). The topological polar surface area (TPSA) is 125 Å². The first-order chi connectivity index (χ1) is 17.0. The summed E-state index contributed by atoms with van der Waals surface area (Å²) in [5, 5.41) is 23.7. The van der Waals surface area contributed by atoms with Crippen LogP contribution >= 0.6 is 11.6 Å². The number of nitrogens with two attached hydrogens (primary N) is 1. The molecule has 1 saturated heterocycles. The average molecular weight is 484 g/mol. The van der Waals surface area contributed by atoms with Crippen molar-refractivity contribution in [2.75, 3.05) is 18.0 Å². The minimum absolute atomic E-state index is 0.253. The molecule has 3 aromatic heterocycles. The van der Waals surface area contributed by atoms with Crippen molar-refractivity contribution in [2.45, 2.75) is 18.4 Å². The number of halogens is 1. The quantitative estimate of drug-likeness (QED) is 0.398. The average Bonchev–Trinajstić information content (AvgIpc) is 3.48. The van der Waals surface area contributed by atoms with Crippen molar-refractivity contribution in [2.24, 2.45) is 12.8 Å². The number of aryl methyl sites for hydroxylation is 1. The Labute approximate surface area is 206 Å². The number of hydrogen-bond donors (Lipinski definition) is 2. The fourth-order valence-electron chi connectivity index (χ4n) is 4.87. The van der Waals surface area contributed by atoms with Gasteiger partial charge in [0.25, 0.3) is 0 Å². The Hall–Kier alpha value is -4.00. The van der Waals surface area contributed by atoms with Gasteiger partial charge in [-0.15, -0.1) is 0 Å². The van der Waals surface area contributed by atoms with Crippen LogP contribution in [0, 0.1) is 11.3 Å². The third kappa shape index (κ3) is 3.50. The lowest BCUT2D eigenvalue weighted by Gasteiger charge is -2.39. The number of hydrogen-bond acceptors (Lipinski definition) is 7. The first kappa shape index (κ1) is 21.5. The molecule has 0 unspecified atom stereocenters. The van der Waals surface area contributed by atoms with Gasteiger partial charge in [0.05, 0.1) is 21.6 Å². The van der Waals surface area contributed by atoms with Crippen molar-refractivity contribution in [3.8, 4) is 17.3 Å². The summed E-state index contributed by atoms with van der Waals surface area (Å²) in [6, 6.07) is 16.2. The minimum atomic E-state index is -0.388. The van der Waals surface area contributed by atoms with E-state index in [2.05, 4.69) is 43.4 Å². The number of aromatic amines is 1. The second-order valence-electron chi connectivity index (χ2n) is 8.95. The number of nitrogens with one attached hydrogen (secondary N) is 1. The molecule has 3 N–H and O–H groups in total. The highest BCUT2D eigenvalue weighted by atomic mass is 35.5. The number of aromatic nitrogens is 6. The van der Waals surface area contributed by atoms with E-state index >= 15 is 0 Å². The second kappa shape index (κ2) is 8.05. The van der Waals surface area contributed by atoms with Crippen molar-refractivity contribution < 1.29 is 0 Å². The first-order valence-electron chi connectivity index (χ1n) is 11.3. The predicted octanol–water partition coefficient (Wildman–Crippen LogP) is 3.89. The molecule has 9 nitrogen and oxygen atoms in total. The monoisotopic (exact) mass is 483 g/mol. The molecule has 0 bridgehead atoms. The largest absolute Gasteiger partial charge is 0.341 e. The molecule has 1 aliphatic rings. The summed E-state index contributed by atoms with van der Waals surface area (Å²) in [5.41, 5.74) is 10.3. The van der Waals surface area contributed by atoms with Crippen LogP contribution in [0.4, 0.5) is 5.95 Å². The van der Waals surface area contributed by atoms with E-state index in [4.69, 9.17) is 22.3 Å². The van der Waals surface area contributed by atoms with E-state index in [1.807, 2.05) is 43.6 Å². The van der Waals surface area contributed by atoms with Gasteiger partial charge in [-0.05, 0) is 30.5 Å². The molecule has 174 valence electrons. The fraction of sp³-hybridized carbons (Fsp3) is 0.240. The van der Waals surface area contributed by atoms with Crippen molar-refractivity contribution >= 4 is 39.5 Å². The van der Waals surface area contributed by atoms with E-state index in [0.717, 1.165) is 34.9 Å². The van der Waals surface area contributed by atoms with Crippen molar-refractivity contribution in [3.05, 3.63) is 64.9 Å². The fourth-order valence-corrected chi connectivity index (χ4v) is 5.17. The standard InChI is InChI=1S/C25H22ClN9/c1-34-14-17-18(33-34)8-7-16(21(17)26)22-20-19(13-27)29-24(30-23(20)32-31-22)35-11-9-25(28,10-12-35)15-5-3-2-4-6-15/h2-8,14H,9-12,28H2,1H3,(H,29,30,31,32). The number of piperidine rings is 1. The zero-order chi connectivity index (χ0) is 24.2. The van der Waals surface area contributed by atoms with Gasteiger partial charge in [0.15, 0.2) is 11.3 Å². The van der Waals surface area contributed by atoms with E-state index in [1.165, 1.54) is 0 Å². The van der Waals surface area contributed by atoms with Crippen LogP contribution in [0.3, 0.4) is 0 Å². The molecule has 0 amide bonds. The number of fused-ring (bicyclic) bond motifs is 2. The SMILES string of the molecule is Cn1cc2c(Cl)c(-c3[nH]nc4nc(N5CCC(N)(c6ccccc6)CC5)nc(C#N)c34)ccc2n1. The van der Waals surface area contributed by atoms with Gasteiger partial charge in [0, 0.05) is 42.8 Å². The summed E-state index contributed by atoms with van der Waals surface area (Å²) in [4.78, 5) is 11.4. The molecule has 1 aliphatic heterocycles. The van der Waals surface area contributed by atoms with Gasteiger partial charge in [0.2, 0.25) is 5.95 Å². The van der Waals surface area contributed by atoms with Crippen molar-refractivity contribution in [3.63, 3.8) is 0 Å². The molecule has 0 saturated carbocycles. The van der Waals surface area contributed by atoms with Crippen LogP contribution in [0.5, 0.6) is 0 Å². The lowest BCUT2D eigenvalue weighted by atomic mass is 9.82. The molecule has 35 heavy (non-hydrogen) atoms. The van der Waals surface area contributed by atoms with Gasteiger partial charge in [-0.3, -0.25) is 9.78 Å². The molecule has 1 fully saturated rings. The van der Waals surface area contributed by atoms with Gasteiger partial charge in [-0.1, -0.05) is 41.9 Å². The highest BCUT2D eigenvalue weighted by Crippen LogP contribution is 2.38. The number of anilines is 1. The zero-order valence-electron chi connectivity index (χ0n) is 19.0. The third-order valence-electron chi connectivity index (χ3n) is 6.80. The number of H-pyrrole nitrogens is 1. The van der Waals surface area contributed by atoms with Crippen LogP contribution in [0.2, 0.25) is 5.02 Å². The normalized spacial score (nSPS) is 15.5. The van der Waals surface area contributed by atoms with Gasteiger partial charge in [-0.2, -0.15) is 20.4 Å². The number of nitriles is 1. The van der Waals surface area contributed by atoms with E-state index in [1.54, 1.807) is 4.68 Å². The Morgan fingerprint density at radius 3 is 2.63 bits per heavy atom. The van der Waals surface area contributed by atoms with E-state index in [9.17, 15) is 5.26 Å². The van der Waals surface area contributed by atoms with E-state index in [-0.39, 0.29) is 11.2 Å². The van der Waals surface area contributed by atoms with Crippen LogP contribution in [-0.2, 0) is 12.6 Å². The highest BCUT2D eigenvalue weighted by molar-refractivity contribution is 6.38. The summed E-state index contributed by atoms with van der Waals surface area (Å²) in [6.45, 7) is 1.37. The van der Waals surface area contributed by atoms with E-state index < -0.39 is 0 Å². The van der Waals surface area contributed by atoms with Crippen LogP contribution < -0.4 is 10.6 Å².